The molecular formula is C29H36N4O7. The molecule has 2 aromatic rings. The van der Waals surface area contributed by atoms with E-state index in [1.807, 2.05) is 24.3 Å². The number of aromatic nitrogens is 1. The number of hydrogen-bond donors (Lipinski definition) is 1. The number of nitrogens with one attached hydrogen (secondary N) is 1. The monoisotopic (exact) mass is 552 g/mol. The molecule has 11 heteroatoms. The van der Waals surface area contributed by atoms with E-state index in [4.69, 9.17) is 18.9 Å². The van der Waals surface area contributed by atoms with Crippen LogP contribution in [0.5, 0.6) is 11.5 Å². The molecular weight excluding hydrogens is 516 g/mol. The standard InChI is InChI=1S/C29H36N4O7/c1-28(2,3)39-26(35)30-16-8-9-17-32(27(36)40-29(4,5)6)23-15-14-22-25(31-23)33(24(34)19-38-22)18-20-10-12-21(37-7)13-11-20/h10-15H,8,16,18-19H2,1-7H3,(H,30,35). The minimum atomic E-state index is -0.789. The molecule has 1 aliphatic heterocycles. The average molecular weight is 553 g/mol. The second kappa shape index (κ2) is 12.6. The van der Waals surface area contributed by atoms with E-state index in [0.717, 1.165) is 10.5 Å². The number of hydrogen-bond acceptors (Lipinski definition) is 8. The third-order valence-corrected chi connectivity index (χ3v) is 5.15. The van der Waals surface area contributed by atoms with E-state index in [1.165, 1.54) is 4.90 Å². The molecule has 0 saturated heterocycles. The number of nitrogens with zero attached hydrogens (tertiary/aromatic N) is 3. The van der Waals surface area contributed by atoms with Crippen molar-refractivity contribution in [3.63, 3.8) is 0 Å². The van der Waals surface area contributed by atoms with Crippen molar-refractivity contribution >= 4 is 29.7 Å². The number of fused-ring (bicyclic) bond motifs is 1. The molecule has 11 nitrogen and oxygen atoms in total. The van der Waals surface area contributed by atoms with Gasteiger partial charge in [0.1, 0.15) is 17.0 Å². The van der Waals surface area contributed by atoms with Gasteiger partial charge in [0, 0.05) is 19.0 Å². The Labute approximate surface area is 234 Å². The highest BCUT2D eigenvalue weighted by molar-refractivity contribution is 5.97. The number of carbonyl (C=O) groups is 3. The topological polar surface area (TPSA) is 120 Å². The molecule has 0 saturated carbocycles. The molecule has 1 aliphatic rings. The Morgan fingerprint density at radius 2 is 1.73 bits per heavy atom. The molecule has 3 rings (SSSR count). The van der Waals surface area contributed by atoms with Crippen LogP contribution in [-0.2, 0) is 20.8 Å². The van der Waals surface area contributed by atoms with Gasteiger partial charge in [-0.05, 0) is 71.4 Å². The molecule has 3 amide bonds. The first-order chi connectivity index (χ1) is 18.8. The first kappa shape index (κ1) is 30.1. The van der Waals surface area contributed by atoms with Crippen LogP contribution in [-0.4, -0.2) is 54.5 Å². The van der Waals surface area contributed by atoms with Crippen LogP contribution >= 0.6 is 0 Å². The van der Waals surface area contributed by atoms with Gasteiger partial charge < -0.3 is 24.3 Å². The number of carbonyl (C=O) groups excluding carboxylic acids is 3. The van der Waals surface area contributed by atoms with E-state index in [1.54, 1.807) is 60.8 Å². The summed E-state index contributed by atoms with van der Waals surface area (Å²) in [6.45, 7) is 10.8. The summed E-state index contributed by atoms with van der Waals surface area (Å²) in [6.07, 6.45) is -1.07. The van der Waals surface area contributed by atoms with Gasteiger partial charge >= 0.3 is 12.2 Å². The van der Waals surface area contributed by atoms with Crippen LogP contribution < -0.4 is 24.6 Å². The number of anilines is 2. The first-order valence-corrected chi connectivity index (χ1v) is 12.8. The lowest BCUT2D eigenvalue weighted by Gasteiger charge is -2.29. The Morgan fingerprint density at radius 3 is 2.35 bits per heavy atom. The van der Waals surface area contributed by atoms with Crippen LogP contribution in [0.3, 0.4) is 0 Å². The number of ether oxygens (including phenoxy) is 4. The van der Waals surface area contributed by atoms with Crippen molar-refractivity contribution in [2.45, 2.75) is 65.7 Å². The largest absolute Gasteiger partial charge is 0.497 e. The molecule has 1 aromatic heterocycles. The van der Waals surface area contributed by atoms with Crippen molar-refractivity contribution in [3.8, 4) is 23.5 Å². The normalized spacial score (nSPS) is 12.8. The van der Waals surface area contributed by atoms with E-state index >= 15 is 0 Å². The minimum absolute atomic E-state index is 0.135. The molecule has 0 fully saturated rings. The maximum Gasteiger partial charge on any atom is 0.428 e. The highest BCUT2D eigenvalue weighted by Crippen LogP contribution is 2.34. The summed E-state index contributed by atoms with van der Waals surface area (Å²) in [5.74, 6) is 4.09. The van der Waals surface area contributed by atoms with E-state index in [9.17, 15) is 14.4 Å². The number of rotatable bonds is 6. The smallest absolute Gasteiger partial charge is 0.428 e. The SMILES string of the molecule is COc1ccc(CN2C(=O)COc3ccc(N(C#CCCNC(=O)OC(C)(C)C)C(=O)OC(C)(C)C)nc32)cc1. The van der Waals surface area contributed by atoms with Gasteiger partial charge in [0.05, 0.1) is 13.7 Å². The Kier molecular flexibility index (Phi) is 9.47. The maximum atomic E-state index is 13.1. The predicted octanol–water partition coefficient (Wildman–Crippen LogP) is 4.63. The van der Waals surface area contributed by atoms with Crippen LogP contribution in [0.25, 0.3) is 0 Å². The summed E-state index contributed by atoms with van der Waals surface area (Å²) in [5.41, 5.74) is -0.549. The van der Waals surface area contributed by atoms with Crippen LogP contribution in [0.2, 0.25) is 0 Å². The zero-order valence-electron chi connectivity index (χ0n) is 24.0. The second-order valence-electron chi connectivity index (χ2n) is 10.9. The highest BCUT2D eigenvalue weighted by atomic mass is 16.6. The van der Waals surface area contributed by atoms with Gasteiger partial charge in [-0.15, -0.1) is 0 Å². The van der Waals surface area contributed by atoms with Gasteiger partial charge in [-0.1, -0.05) is 18.1 Å². The fraction of sp³-hybridized carbons (Fsp3) is 0.448. The molecule has 40 heavy (non-hydrogen) atoms. The molecule has 0 atom stereocenters. The third kappa shape index (κ3) is 8.80. The lowest BCUT2D eigenvalue weighted by molar-refractivity contribution is -0.121. The summed E-state index contributed by atoms with van der Waals surface area (Å²) in [4.78, 5) is 45.0. The fourth-order valence-electron chi connectivity index (χ4n) is 3.45. The molecule has 0 bridgehead atoms. The Balaban J connectivity index is 1.85. The van der Waals surface area contributed by atoms with Crippen molar-refractivity contribution < 1.29 is 33.3 Å². The van der Waals surface area contributed by atoms with Crippen molar-refractivity contribution in [3.05, 3.63) is 42.0 Å². The summed E-state index contributed by atoms with van der Waals surface area (Å²) in [5, 5.41) is 2.62. The van der Waals surface area contributed by atoms with Gasteiger partial charge in [0.15, 0.2) is 24.0 Å². The van der Waals surface area contributed by atoms with Crippen LogP contribution in [0, 0.1) is 12.0 Å². The van der Waals surface area contributed by atoms with Crippen molar-refractivity contribution in [1.82, 2.24) is 10.3 Å². The molecule has 0 spiro atoms. The summed E-state index contributed by atoms with van der Waals surface area (Å²) < 4.78 is 21.6. The number of methoxy groups -OCH3 is 1. The lowest BCUT2D eigenvalue weighted by atomic mass is 10.2. The second-order valence-corrected chi connectivity index (χ2v) is 10.9. The first-order valence-electron chi connectivity index (χ1n) is 12.8. The fourth-order valence-corrected chi connectivity index (χ4v) is 3.45. The van der Waals surface area contributed by atoms with Crippen molar-refractivity contribution in [1.29, 1.82) is 0 Å². The van der Waals surface area contributed by atoms with E-state index in [2.05, 4.69) is 22.3 Å². The van der Waals surface area contributed by atoms with Crippen LogP contribution in [0.15, 0.2) is 36.4 Å². The zero-order chi connectivity index (χ0) is 29.5. The summed E-state index contributed by atoms with van der Waals surface area (Å²) in [6, 6.07) is 13.3. The Morgan fingerprint density at radius 1 is 1.05 bits per heavy atom. The van der Waals surface area contributed by atoms with Crippen LogP contribution in [0.4, 0.5) is 21.2 Å². The van der Waals surface area contributed by atoms with E-state index in [-0.39, 0.29) is 43.7 Å². The molecule has 0 aliphatic carbocycles. The van der Waals surface area contributed by atoms with Gasteiger partial charge in [-0.2, -0.15) is 4.90 Å². The van der Waals surface area contributed by atoms with Crippen molar-refractivity contribution in [2.75, 3.05) is 30.1 Å². The van der Waals surface area contributed by atoms with Gasteiger partial charge in [0.2, 0.25) is 0 Å². The molecule has 2 heterocycles. The molecule has 1 N–H and O–H groups in total. The maximum absolute atomic E-state index is 13.1. The highest BCUT2D eigenvalue weighted by Gasteiger charge is 2.30. The summed E-state index contributed by atoms with van der Waals surface area (Å²) >= 11 is 0. The quantitative estimate of drug-likeness (QED) is 0.313. The Bertz CT molecular complexity index is 1280. The third-order valence-electron chi connectivity index (χ3n) is 5.15. The molecule has 0 radical (unpaired) electrons. The number of benzene rings is 1. The average Bonchev–Trinajstić information content (AvgIpc) is 2.86. The molecule has 1 aromatic carbocycles. The van der Waals surface area contributed by atoms with E-state index < -0.39 is 23.4 Å². The molecule has 0 unspecified atom stereocenters. The van der Waals surface area contributed by atoms with Crippen LogP contribution in [0.1, 0.15) is 53.5 Å². The number of alkyl carbamates (subject to hydrolysis) is 1. The summed E-state index contributed by atoms with van der Waals surface area (Å²) in [7, 11) is 1.58. The Hall–Kier alpha value is -4.46. The lowest BCUT2D eigenvalue weighted by Crippen LogP contribution is -2.39. The van der Waals surface area contributed by atoms with Gasteiger partial charge in [-0.25, -0.2) is 14.6 Å². The van der Waals surface area contributed by atoms with E-state index in [0.29, 0.717) is 11.5 Å². The molecule has 214 valence electrons. The van der Waals surface area contributed by atoms with Gasteiger partial charge in [0.25, 0.3) is 5.91 Å². The number of amides is 3. The number of pyridine rings is 1. The zero-order valence-corrected chi connectivity index (χ0v) is 24.0. The minimum Gasteiger partial charge on any atom is -0.497 e. The predicted molar refractivity (Wildman–Crippen MR) is 149 cm³/mol. The van der Waals surface area contributed by atoms with Crippen molar-refractivity contribution in [2.24, 2.45) is 0 Å². The van der Waals surface area contributed by atoms with Gasteiger partial charge in [-0.3, -0.25) is 9.69 Å².